The second-order valence-corrected chi connectivity index (χ2v) is 5.50. The van der Waals surface area contributed by atoms with E-state index in [4.69, 9.17) is 9.47 Å². The molecule has 0 unspecified atom stereocenters. The van der Waals surface area contributed by atoms with Crippen molar-refractivity contribution < 1.29 is 13.9 Å². The molecule has 2 aromatic carbocycles. The van der Waals surface area contributed by atoms with Gasteiger partial charge in [0.05, 0.1) is 7.11 Å². The molecular weight excluding hydrogens is 335 g/mol. The highest BCUT2D eigenvalue weighted by atomic mass is 79.9. The fraction of sp³-hybridized carbons (Fsp3) is 0.294. The van der Waals surface area contributed by atoms with Crippen molar-refractivity contribution in [2.75, 3.05) is 7.11 Å². The van der Waals surface area contributed by atoms with Gasteiger partial charge in [0.25, 0.3) is 0 Å². The molecule has 0 bridgehead atoms. The Labute approximate surface area is 133 Å². The Hall–Kier alpha value is -1.55. The molecule has 0 radical (unpaired) electrons. The van der Waals surface area contributed by atoms with Gasteiger partial charge >= 0.3 is 0 Å². The Bertz CT molecular complexity index is 618. The SMILES string of the molecule is COc1ccc(COc2c(C)cc(CBr)cc2C)c(F)c1. The highest BCUT2D eigenvalue weighted by Gasteiger charge is 2.09. The van der Waals surface area contributed by atoms with Gasteiger partial charge < -0.3 is 9.47 Å². The summed E-state index contributed by atoms with van der Waals surface area (Å²) in [4.78, 5) is 0. The average molecular weight is 353 g/mol. The number of hydrogen-bond donors (Lipinski definition) is 0. The van der Waals surface area contributed by atoms with Crippen LogP contribution in [0.15, 0.2) is 30.3 Å². The zero-order valence-corrected chi connectivity index (χ0v) is 14.0. The second-order valence-electron chi connectivity index (χ2n) is 4.94. The molecule has 0 aliphatic carbocycles. The summed E-state index contributed by atoms with van der Waals surface area (Å²) >= 11 is 3.45. The van der Waals surface area contributed by atoms with Gasteiger partial charge in [0.1, 0.15) is 23.9 Å². The van der Waals surface area contributed by atoms with Gasteiger partial charge in [-0.25, -0.2) is 4.39 Å². The van der Waals surface area contributed by atoms with E-state index in [-0.39, 0.29) is 12.4 Å². The smallest absolute Gasteiger partial charge is 0.133 e. The Morgan fingerprint density at radius 2 is 1.76 bits per heavy atom. The molecule has 0 amide bonds. The van der Waals surface area contributed by atoms with Crippen molar-refractivity contribution in [3.8, 4) is 11.5 Å². The molecule has 0 fully saturated rings. The Morgan fingerprint density at radius 3 is 2.29 bits per heavy atom. The van der Waals surface area contributed by atoms with E-state index >= 15 is 0 Å². The van der Waals surface area contributed by atoms with E-state index in [0.29, 0.717) is 11.3 Å². The zero-order chi connectivity index (χ0) is 15.4. The lowest BCUT2D eigenvalue weighted by molar-refractivity contribution is 0.295. The molecule has 0 atom stereocenters. The van der Waals surface area contributed by atoms with Crippen molar-refractivity contribution in [1.29, 1.82) is 0 Å². The van der Waals surface area contributed by atoms with Crippen molar-refractivity contribution in [3.05, 3.63) is 58.4 Å². The lowest BCUT2D eigenvalue weighted by Gasteiger charge is -2.14. The van der Waals surface area contributed by atoms with E-state index in [1.165, 1.54) is 18.7 Å². The molecule has 0 aliphatic rings. The first-order valence-corrected chi connectivity index (χ1v) is 7.78. The Kier molecular flexibility index (Phi) is 5.23. The first kappa shape index (κ1) is 15.8. The van der Waals surface area contributed by atoms with E-state index in [1.807, 2.05) is 13.8 Å². The summed E-state index contributed by atoms with van der Waals surface area (Å²) in [5, 5.41) is 0.808. The first-order valence-electron chi connectivity index (χ1n) is 6.66. The predicted molar refractivity (Wildman–Crippen MR) is 85.8 cm³/mol. The molecule has 0 heterocycles. The number of methoxy groups -OCH3 is 1. The molecule has 112 valence electrons. The van der Waals surface area contributed by atoms with E-state index in [2.05, 4.69) is 28.1 Å². The molecule has 0 spiro atoms. The third kappa shape index (κ3) is 3.76. The number of benzene rings is 2. The van der Waals surface area contributed by atoms with Gasteiger partial charge in [-0.05, 0) is 42.7 Å². The fourth-order valence-corrected chi connectivity index (χ4v) is 2.59. The van der Waals surface area contributed by atoms with Gasteiger partial charge in [-0.3, -0.25) is 0 Å². The van der Waals surface area contributed by atoms with E-state index in [1.54, 1.807) is 12.1 Å². The molecule has 0 aliphatic heterocycles. The quantitative estimate of drug-likeness (QED) is 0.710. The molecule has 0 saturated carbocycles. The lowest BCUT2D eigenvalue weighted by Crippen LogP contribution is -2.02. The van der Waals surface area contributed by atoms with Crippen LogP contribution in [-0.2, 0) is 11.9 Å². The van der Waals surface area contributed by atoms with Gasteiger partial charge in [-0.2, -0.15) is 0 Å². The van der Waals surface area contributed by atoms with Crippen molar-refractivity contribution in [3.63, 3.8) is 0 Å². The molecule has 2 aromatic rings. The molecule has 0 saturated heterocycles. The topological polar surface area (TPSA) is 18.5 Å². The molecule has 4 heteroatoms. The summed E-state index contributed by atoms with van der Waals surface area (Å²) in [5.41, 5.74) is 3.82. The number of rotatable bonds is 5. The van der Waals surface area contributed by atoms with Crippen LogP contribution < -0.4 is 9.47 Å². The van der Waals surface area contributed by atoms with Gasteiger partial charge in [0, 0.05) is 17.0 Å². The minimum Gasteiger partial charge on any atom is -0.497 e. The van der Waals surface area contributed by atoms with Crippen molar-refractivity contribution in [2.24, 2.45) is 0 Å². The van der Waals surface area contributed by atoms with Crippen LogP contribution in [0, 0.1) is 19.7 Å². The maximum Gasteiger partial charge on any atom is 0.133 e. The van der Waals surface area contributed by atoms with Crippen LogP contribution >= 0.6 is 15.9 Å². The summed E-state index contributed by atoms with van der Waals surface area (Å²) in [5.74, 6) is 1.00. The van der Waals surface area contributed by atoms with Crippen molar-refractivity contribution in [2.45, 2.75) is 25.8 Å². The monoisotopic (exact) mass is 352 g/mol. The van der Waals surface area contributed by atoms with Crippen LogP contribution in [0.1, 0.15) is 22.3 Å². The summed E-state index contributed by atoms with van der Waals surface area (Å²) < 4.78 is 24.7. The first-order chi connectivity index (χ1) is 10.0. The van der Waals surface area contributed by atoms with Crippen LogP contribution in [0.5, 0.6) is 11.5 Å². The number of ether oxygens (including phenoxy) is 2. The summed E-state index contributed by atoms with van der Waals surface area (Å²) in [7, 11) is 1.52. The van der Waals surface area contributed by atoms with Crippen molar-refractivity contribution >= 4 is 15.9 Å². The van der Waals surface area contributed by atoms with E-state index in [9.17, 15) is 4.39 Å². The molecule has 0 N–H and O–H groups in total. The molecular formula is C17H18BrFO2. The number of hydrogen-bond acceptors (Lipinski definition) is 2. The van der Waals surface area contributed by atoms with Gasteiger partial charge in [0.2, 0.25) is 0 Å². The van der Waals surface area contributed by atoms with Crippen LogP contribution in [0.4, 0.5) is 4.39 Å². The Morgan fingerprint density at radius 1 is 1.10 bits per heavy atom. The van der Waals surface area contributed by atoms with Crippen LogP contribution in [0.2, 0.25) is 0 Å². The normalized spacial score (nSPS) is 10.5. The maximum atomic E-state index is 13.9. The van der Waals surface area contributed by atoms with Crippen LogP contribution in [-0.4, -0.2) is 7.11 Å². The molecule has 2 nitrogen and oxygen atoms in total. The summed E-state index contributed by atoms with van der Waals surface area (Å²) in [6.07, 6.45) is 0. The zero-order valence-electron chi connectivity index (χ0n) is 12.4. The van der Waals surface area contributed by atoms with E-state index in [0.717, 1.165) is 22.2 Å². The molecule has 21 heavy (non-hydrogen) atoms. The van der Waals surface area contributed by atoms with Crippen molar-refractivity contribution in [1.82, 2.24) is 0 Å². The predicted octanol–water partition coefficient (Wildman–Crippen LogP) is 4.93. The highest BCUT2D eigenvalue weighted by Crippen LogP contribution is 2.27. The number of halogens is 2. The minimum absolute atomic E-state index is 0.200. The van der Waals surface area contributed by atoms with Crippen LogP contribution in [0.25, 0.3) is 0 Å². The Balaban J connectivity index is 2.17. The maximum absolute atomic E-state index is 13.9. The molecule has 2 rings (SSSR count). The van der Waals surface area contributed by atoms with Gasteiger partial charge in [0.15, 0.2) is 0 Å². The van der Waals surface area contributed by atoms with Gasteiger partial charge in [-0.1, -0.05) is 28.1 Å². The minimum atomic E-state index is -0.318. The number of aryl methyl sites for hydroxylation is 2. The highest BCUT2D eigenvalue weighted by molar-refractivity contribution is 9.08. The van der Waals surface area contributed by atoms with Gasteiger partial charge in [-0.15, -0.1) is 0 Å². The van der Waals surface area contributed by atoms with E-state index < -0.39 is 0 Å². The molecule has 0 aromatic heterocycles. The lowest BCUT2D eigenvalue weighted by atomic mass is 10.1. The summed E-state index contributed by atoms with van der Waals surface area (Å²) in [6, 6.07) is 8.93. The second kappa shape index (κ2) is 6.94. The summed E-state index contributed by atoms with van der Waals surface area (Å²) in [6.45, 7) is 4.20. The third-order valence-electron chi connectivity index (χ3n) is 3.31. The fourth-order valence-electron chi connectivity index (χ4n) is 2.27. The standard InChI is InChI=1S/C17H18BrFO2/c1-11-6-13(9-18)7-12(2)17(11)21-10-14-4-5-15(20-3)8-16(14)19/h4-8H,9-10H2,1-3H3. The largest absolute Gasteiger partial charge is 0.497 e. The average Bonchev–Trinajstić information content (AvgIpc) is 2.47. The number of alkyl halides is 1. The third-order valence-corrected chi connectivity index (χ3v) is 3.95. The van der Waals surface area contributed by atoms with Crippen LogP contribution in [0.3, 0.4) is 0 Å².